The van der Waals surface area contributed by atoms with Crippen LogP contribution < -0.4 is 10.1 Å². The van der Waals surface area contributed by atoms with Gasteiger partial charge in [0.1, 0.15) is 11.4 Å². The number of anilines is 1. The van der Waals surface area contributed by atoms with Gasteiger partial charge in [0.15, 0.2) is 0 Å². The quantitative estimate of drug-likeness (QED) is 0.519. The molecule has 2 fully saturated rings. The number of hydrogen-bond donors (Lipinski definition) is 1. The first-order valence-electron chi connectivity index (χ1n) is 12.1. The summed E-state index contributed by atoms with van der Waals surface area (Å²) >= 11 is 0. The van der Waals surface area contributed by atoms with Gasteiger partial charge in [0.05, 0.1) is 6.61 Å². The maximum absolute atomic E-state index is 13.0. The van der Waals surface area contributed by atoms with Gasteiger partial charge in [-0.1, -0.05) is 32.6 Å². The minimum atomic E-state index is -0.658. The zero-order valence-electron chi connectivity index (χ0n) is 19.0. The van der Waals surface area contributed by atoms with Gasteiger partial charge < -0.3 is 19.7 Å². The molecule has 1 atom stereocenters. The average Bonchev–Trinajstić information content (AvgIpc) is 2.78. The first-order valence-corrected chi connectivity index (χ1v) is 12.1. The van der Waals surface area contributed by atoms with E-state index in [2.05, 4.69) is 24.1 Å². The van der Waals surface area contributed by atoms with Crippen molar-refractivity contribution in [3.8, 4) is 5.75 Å². The average molecular weight is 417 g/mol. The monoisotopic (exact) mass is 416 g/mol. The van der Waals surface area contributed by atoms with Gasteiger partial charge in [0, 0.05) is 24.9 Å². The molecule has 1 aliphatic carbocycles. The lowest BCUT2D eigenvalue weighted by molar-refractivity contribution is -0.146. The first-order chi connectivity index (χ1) is 14.6. The Morgan fingerprint density at radius 2 is 1.87 bits per heavy atom. The smallest absolute Gasteiger partial charge is 0.256 e. The number of carbonyl (C=O) groups is 1. The Kier molecular flexibility index (Phi) is 9.01. The van der Waals surface area contributed by atoms with E-state index in [1.165, 1.54) is 32.2 Å². The van der Waals surface area contributed by atoms with Crippen LogP contribution in [0.2, 0.25) is 0 Å². The highest BCUT2D eigenvalue weighted by Gasteiger charge is 2.40. The van der Waals surface area contributed by atoms with Crippen molar-refractivity contribution in [1.29, 1.82) is 0 Å². The van der Waals surface area contributed by atoms with Crippen molar-refractivity contribution in [2.45, 2.75) is 89.7 Å². The Morgan fingerprint density at radius 3 is 2.57 bits per heavy atom. The van der Waals surface area contributed by atoms with Crippen molar-refractivity contribution in [1.82, 2.24) is 4.90 Å². The van der Waals surface area contributed by atoms with Crippen molar-refractivity contribution in [2.75, 3.05) is 31.6 Å². The summed E-state index contributed by atoms with van der Waals surface area (Å²) in [5, 5.41) is 3.08. The summed E-state index contributed by atoms with van der Waals surface area (Å²) in [4.78, 5) is 15.6. The van der Waals surface area contributed by atoms with Crippen LogP contribution in [0.4, 0.5) is 5.69 Å². The fraction of sp³-hybridized carbons (Fsp3) is 0.720. The van der Waals surface area contributed by atoms with Gasteiger partial charge in [-0.25, -0.2) is 0 Å². The van der Waals surface area contributed by atoms with Crippen LogP contribution >= 0.6 is 0 Å². The molecule has 1 aromatic rings. The molecule has 2 aliphatic rings. The van der Waals surface area contributed by atoms with Gasteiger partial charge >= 0.3 is 0 Å². The molecule has 1 saturated heterocycles. The molecule has 30 heavy (non-hydrogen) atoms. The van der Waals surface area contributed by atoms with Crippen LogP contribution in [0.5, 0.6) is 5.75 Å². The van der Waals surface area contributed by atoms with Crippen LogP contribution in [-0.4, -0.2) is 48.8 Å². The zero-order chi connectivity index (χ0) is 21.2. The lowest BCUT2D eigenvalue weighted by atomic mass is 9.83. The van der Waals surface area contributed by atoms with E-state index in [0.29, 0.717) is 12.6 Å². The normalized spacial score (nSPS) is 21.9. The predicted molar refractivity (Wildman–Crippen MR) is 122 cm³/mol. The number of hydrogen-bond acceptors (Lipinski definition) is 4. The Morgan fingerprint density at radius 1 is 1.10 bits per heavy atom. The minimum Gasteiger partial charge on any atom is -0.494 e. The molecule has 0 aromatic heterocycles. The number of carbonyl (C=O) groups excluding carboxylic acids is 1. The third-order valence-electron chi connectivity index (χ3n) is 6.57. The first kappa shape index (κ1) is 23.1. The second kappa shape index (κ2) is 11.7. The van der Waals surface area contributed by atoms with Gasteiger partial charge in [-0.05, 0) is 76.3 Å². The zero-order valence-corrected chi connectivity index (χ0v) is 19.0. The molecular formula is C25H40N2O3. The molecule has 5 nitrogen and oxygen atoms in total. The highest BCUT2D eigenvalue weighted by Crippen LogP contribution is 2.33. The van der Waals surface area contributed by atoms with Crippen LogP contribution in [0.25, 0.3) is 0 Å². The van der Waals surface area contributed by atoms with Crippen molar-refractivity contribution in [3.63, 3.8) is 0 Å². The number of amides is 1. The Labute approximate surface area is 182 Å². The van der Waals surface area contributed by atoms with Crippen molar-refractivity contribution < 1.29 is 14.3 Å². The molecule has 1 saturated carbocycles. The maximum Gasteiger partial charge on any atom is 0.256 e. The topological polar surface area (TPSA) is 50.8 Å². The van der Waals surface area contributed by atoms with Gasteiger partial charge in [0.25, 0.3) is 5.91 Å². The SMILES string of the molecule is CCCOC1(C(=O)Nc2ccc(OCCCN3CCCC[C@H]3C)cc2)CCCCC1. The second-order valence-electron chi connectivity index (χ2n) is 8.96. The van der Waals surface area contributed by atoms with E-state index in [9.17, 15) is 4.79 Å². The molecule has 0 unspecified atom stereocenters. The summed E-state index contributed by atoms with van der Waals surface area (Å²) in [6, 6.07) is 8.45. The molecule has 1 heterocycles. The lowest BCUT2D eigenvalue weighted by Crippen LogP contribution is -2.47. The highest BCUT2D eigenvalue weighted by atomic mass is 16.5. The van der Waals surface area contributed by atoms with E-state index in [0.717, 1.165) is 63.1 Å². The summed E-state index contributed by atoms with van der Waals surface area (Å²) < 4.78 is 12.0. The predicted octanol–water partition coefficient (Wildman–Crippen LogP) is 5.40. The van der Waals surface area contributed by atoms with Crippen LogP contribution in [0.15, 0.2) is 24.3 Å². The van der Waals surface area contributed by atoms with Gasteiger partial charge in [0.2, 0.25) is 0 Å². The number of piperidine rings is 1. The Hall–Kier alpha value is -1.59. The summed E-state index contributed by atoms with van der Waals surface area (Å²) in [5.41, 5.74) is 0.147. The number of rotatable bonds is 10. The molecule has 5 heteroatoms. The third-order valence-corrected chi connectivity index (χ3v) is 6.57. The van der Waals surface area contributed by atoms with Gasteiger partial charge in [-0.2, -0.15) is 0 Å². The molecule has 0 spiro atoms. The van der Waals surface area contributed by atoms with Crippen LogP contribution in [0, 0.1) is 0 Å². The molecule has 168 valence electrons. The number of likely N-dealkylation sites (tertiary alicyclic amines) is 1. The Balaban J connectivity index is 1.44. The summed E-state index contributed by atoms with van der Waals surface area (Å²) in [5.74, 6) is 0.856. The fourth-order valence-electron chi connectivity index (χ4n) is 4.68. The second-order valence-corrected chi connectivity index (χ2v) is 8.96. The molecule has 1 amide bonds. The maximum atomic E-state index is 13.0. The van der Waals surface area contributed by atoms with Crippen LogP contribution in [0.3, 0.4) is 0 Å². The molecule has 1 N–H and O–H groups in total. The molecule has 1 aromatic carbocycles. The summed E-state index contributed by atoms with van der Waals surface area (Å²) in [7, 11) is 0. The molecule has 1 aliphatic heterocycles. The van der Waals surface area contributed by atoms with E-state index in [1.54, 1.807) is 0 Å². The third kappa shape index (κ3) is 6.45. The van der Waals surface area contributed by atoms with Gasteiger partial charge in [-0.15, -0.1) is 0 Å². The summed E-state index contributed by atoms with van der Waals surface area (Å²) in [6.07, 6.45) is 10.9. The minimum absolute atomic E-state index is 0.0000280. The van der Waals surface area contributed by atoms with Crippen molar-refractivity contribution in [3.05, 3.63) is 24.3 Å². The molecule has 0 radical (unpaired) electrons. The number of nitrogens with zero attached hydrogens (tertiary/aromatic N) is 1. The number of nitrogens with one attached hydrogen (secondary N) is 1. The van der Waals surface area contributed by atoms with Crippen LogP contribution in [-0.2, 0) is 9.53 Å². The van der Waals surface area contributed by atoms with E-state index in [1.807, 2.05) is 24.3 Å². The lowest BCUT2D eigenvalue weighted by Gasteiger charge is -2.35. The van der Waals surface area contributed by atoms with E-state index < -0.39 is 5.60 Å². The molecular weight excluding hydrogens is 376 g/mol. The number of ether oxygens (including phenoxy) is 2. The fourth-order valence-corrected chi connectivity index (χ4v) is 4.68. The van der Waals surface area contributed by atoms with Crippen molar-refractivity contribution in [2.24, 2.45) is 0 Å². The van der Waals surface area contributed by atoms with Crippen LogP contribution in [0.1, 0.15) is 78.1 Å². The molecule has 0 bridgehead atoms. The van der Waals surface area contributed by atoms with E-state index >= 15 is 0 Å². The largest absolute Gasteiger partial charge is 0.494 e. The summed E-state index contributed by atoms with van der Waals surface area (Å²) in [6.45, 7) is 8.10. The standard InChI is InChI=1S/C25H40N2O3/c1-3-19-30-25(15-6-4-7-16-25)24(28)26-22-11-13-23(14-12-22)29-20-9-18-27-17-8-5-10-21(27)2/h11-14,21H,3-10,15-20H2,1-2H3,(H,26,28)/t21-/m1/s1. The van der Waals surface area contributed by atoms with E-state index in [4.69, 9.17) is 9.47 Å². The Bertz CT molecular complexity index is 640. The van der Waals surface area contributed by atoms with Crippen molar-refractivity contribution >= 4 is 11.6 Å². The highest BCUT2D eigenvalue weighted by molar-refractivity contribution is 5.97. The molecule has 3 rings (SSSR count). The number of benzene rings is 1. The van der Waals surface area contributed by atoms with Gasteiger partial charge in [-0.3, -0.25) is 4.79 Å². The van der Waals surface area contributed by atoms with E-state index in [-0.39, 0.29) is 5.91 Å².